The van der Waals surface area contributed by atoms with Crippen LogP contribution in [0.4, 0.5) is 14.5 Å². The fourth-order valence-electron chi connectivity index (χ4n) is 9.70. The molecule has 8 rings (SSSR count). The van der Waals surface area contributed by atoms with E-state index >= 15 is 8.78 Å². The lowest BCUT2D eigenvalue weighted by atomic mass is 9.87. The van der Waals surface area contributed by atoms with Crippen LogP contribution in [0.25, 0.3) is 16.4 Å². The summed E-state index contributed by atoms with van der Waals surface area (Å²) in [7, 11) is 0. The van der Waals surface area contributed by atoms with E-state index in [1.807, 2.05) is 23.0 Å². The van der Waals surface area contributed by atoms with Gasteiger partial charge >= 0.3 is 0 Å². The van der Waals surface area contributed by atoms with Gasteiger partial charge in [0.15, 0.2) is 0 Å². The van der Waals surface area contributed by atoms with Crippen LogP contribution in [-0.2, 0) is 21.6 Å². The van der Waals surface area contributed by atoms with Crippen LogP contribution < -0.4 is 10.6 Å². The third-order valence-corrected chi connectivity index (χ3v) is 12.7. The number of imide groups is 1. The summed E-state index contributed by atoms with van der Waals surface area (Å²) in [5.74, 6) is -3.45. The number of nitriles is 1. The van der Waals surface area contributed by atoms with E-state index in [1.165, 1.54) is 22.8 Å². The van der Waals surface area contributed by atoms with Gasteiger partial charge in [-0.15, -0.1) is 0 Å². The number of carbonyl (C=O) groups excluding carboxylic acids is 3. The smallest absolute Gasteiger partial charge is 0.274 e. The van der Waals surface area contributed by atoms with Crippen molar-refractivity contribution in [2.45, 2.75) is 109 Å². The van der Waals surface area contributed by atoms with Crippen molar-refractivity contribution in [2.75, 3.05) is 31.5 Å². The minimum Gasteiger partial charge on any atom is -0.386 e. The van der Waals surface area contributed by atoms with Crippen LogP contribution >= 0.6 is 0 Å². The average molecular weight is 834 g/mol. The molecule has 0 radical (unpaired) electrons. The number of aliphatic hydroxyl groups is 1. The number of benzene rings is 2. The highest BCUT2D eigenvalue weighted by molar-refractivity contribution is 6.05. The standard InChI is InChI=1S/C46H53F2N9O4/c1-27(2)17-34-26-54(14-13-28-19-37(47)43(38(48)20-28)35-10-12-42(58)52-44(35)59)15-16-55(34)31-5-7-32(8-6-31)56-25-30-21-40(36(46(3,4)61)22-39(30)53-56)51-45(60)41-11-9-33-18-29(23-49)24-50-57(33)41/h9,11,18-22,24-25,27,31-32,34-35,61H,5-8,10,12-17,26H2,1-4H3,(H,51,60)(H,52,58,59)/t31?,32?,34-,35-/m1/s1. The number of halogens is 2. The Morgan fingerprint density at radius 2 is 1.77 bits per heavy atom. The van der Waals surface area contributed by atoms with Crippen molar-refractivity contribution in [3.63, 3.8) is 0 Å². The molecule has 0 unspecified atom stereocenters. The van der Waals surface area contributed by atoms with Gasteiger partial charge in [-0.2, -0.15) is 15.5 Å². The molecule has 3 amide bonds. The first-order chi connectivity index (χ1) is 29.1. The molecular weight excluding hydrogens is 781 g/mol. The zero-order valence-electron chi connectivity index (χ0n) is 35.1. The second-order valence-electron chi connectivity index (χ2n) is 18.0. The van der Waals surface area contributed by atoms with Gasteiger partial charge in [0.25, 0.3) is 5.91 Å². The van der Waals surface area contributed by atoms with E-state index in [0.29, 0.717) is 64.6 Å². The number of piperazine rings is 1. The summed E-state index contributed by atoms with van der Waals surface area (Å²) < 4.78 is 34.0. The first-order valence-corrected chi connectivity index (χ1v) is 21.4. The lowest BCUT2D eigenvalue weighted by molar-refractivity contribution is -0.134. The summed E-state index contributed by atoms with van der Waals surface area (Å²) >= 11 is 0. The molecule has 1 saturated carbocycles. The summed E-state index contributed by atoms with van der Waals surface area (Å²) in [6.45, 7) is 11.2. The summed E-state index contributed by atoms with van der Waals surface area (Å²) in [6, 6.07) is 14.5. The van der Waals surface area contributed by atoms with Crippen molar-refractivity contribution in [3.8, 4) is 6.07 Å². The molecule has 5 heterocycles. The SMILES string of the molecule is CC(C)C[C@@H]1CN(CCc2cc(F)c([C@H]3CCC(=O)NC3=O)c(F)c2)CCN1C1CCC(n2cc3cc(NC(=O)c4ccc5cc(C#N)cnn45)c(C(C)(C)O)cc3n2)CC1. The van der Waals surface area contributed by atoms with Gasteiger partial charge in [-0.3, -0.25) is 29.3 Å². The monoisotopic (exact) mass is 833 g/mol. The topological polar surface area (TPSA) is 161 Å². The molecule has 2 aliphatic heterocycles. The number of amides is 3. The average Bonchev–Trinajstić information content (AvgIpc) is 3.84. The number of rotatable bonds is 11. The molecule has 61 heavy (non-hydrogen) atoms. The molecule has 1 aliphatic carbocycles. The van der Waals surface area contributed by atoms with Gasteiger partial charge in [-0.25, -0.2) is 13.3 Å². The Kier molecular flexibility index (Phi) is 11.8. The highest BCUT2D eigenvalue weighted by atomic mass is 19.1. The Morgan fingerprint density at radius 1 is 1.03 bits per heavy atom. The first-order valence-electron chi connectivity index (χ1n) is 21.4. The maximum atomic E-state index is 15.2. The fraction of sp³-hybridized carbons (Fsp3) is 0.478. The molecule has 3 aliphatic rings. The third kappa shape index (κ3) is 8.94. The Labute approximate surface area is 353 Å². The zero-order chi connectivity index (χ0) is 43.2. The predicted octanol–water partition coefficient (Wildman–Crippen LogP) is 6.59. The molecule has 5 aromatic rings. The van der Waals surface area contributed by atoms with Gasteiger partial charge < -0.3 is 15.3 Å². The molecule has 0 spiro atoms. The van der Waals surface area contributed by atoms with E-state index in [2.05, 4.69) is 45.4 Å². The van der Waals surface area contributed by atoms with Crippen molar-refractivity contribution >= 4 is 39.8 Å². The van der Waals surface area contributed by atoms with E-state index in [9.17, 15) is 24.8 Å². The van der Waals surface area contributed by atoms with Gasteiger partial charge in [-0.05, 0) is 113 Å². The highest BCUT2D eigenvalue weighted by Crippen LogP contribution is 2.37. The number of nitrogens with one attached hydrogen (secondary N) is 2. The van der Waals surface area contributed by atoms with E-state index < -0.39 is 40.9 Å². The van der Waals surface area contributed by atoms with E-state index in [-0.39, 0.29) is 24.4 Å². The van der Waals surface area contributed by atoms with Gasteiger partial charge in [0.05, 0.1) is 40.4 Å². The molecule has 13 nitrogen and oxygen atoms in total. The number of fused-ring (bicyclic) bond motifs is 2. The maximum absolute atomic E-state index is 15.2. The molecule has 2 saturated heterocycles. The van der Waals surface area contributed by atoms with Gasteiger partial charge in [0.1, 0.15) is 23.4 Å². The van der Waals surface area contributed by atoms with Gasteiger partial charge in [0, 0.05) is 73.1 Å². The molecule has 0 bridgehead atoms. The maximum Gasteiger partial charge on any atom is 0.274 e. The molecule has 320 valence electrons. The van der Waals surface area contributed by atoms with Gasteiger partial charge in [-0.1, -0.05) is 13.8 Å². The summed E-state index contributed by atoms with van der Waals surface area (Å²) in [4.78, 5) is 42.6. The Balaban J connectivity index is 0.905. The quantitative estimate of drug-likeness (QED) is 0.125. The molecule has 3 aromatic heterocycles. The normalized spacial score (nSPS) is 21.9. The summed E-state index contributed by atoms with van der Waals surface area (Å²) in [5, 5.41) is 35.7. The number of nitrogens with zero attached hydrogens (tertiary/aromatic N) is 7. The number of piperidine rings is 1. The second kappa shape index (κ2) is 17.1. The molecule has 3 N–H and O–H groups in total. The molecule has 3 fully saturated rings. The largest absolute Gasteiger partial charge is 0.386 e. The molecular formula is C46H53F2N9O4. The highest BCUT2D eigenvalue weighted by Gasteiger charge is 2.36. The fourth-order valence-corrected chi connectivity index (χ4v) is 9.70. The zero-order valence-corrected chi connectivity index (χ0v) is 35.1. The second-order valence-corrected chi connectivity index (χ2v) is 18.0. The van der Waals surface area contributed by atoms with Crippen LogP contribution in [0, 0.1) is 28.9 Å². The van der Waals surface area contributed by atoms with Gasteiger partial charge in [0.2, 0.25) is 11.8 Å². The Bertz CT molecular complexity index is 2500. The van der Waals surface area contributed by atoms with E-state index in [4.69, 9.17) is 5.10 Å². The number of hydrogen-bond acceptors (Lipinski definition) is 9. The Morgan fingerprint density at radius 3 is 2.46 bits per heavy atom. The van der Waals surface area contributed by atoms with Crippen molar-refractivity contribution in [2.24, 2.45) is 5.92 Å². The minimum atomic E-state index is -1.27. The summed E-state index contributed by atoms with van der Waals surface area (Å²) in [6.07, 6.45) is 9.10. The van der Waals surface area contributed by atoms with E-state index in [1.54, 1.807) is 32.0 Å². The van der Waals surface area contributed by atoms with Crippen molar-refractivity contribution in [1.82, 2.24) is 34.5 Å². The lowest BCUT2D eigenvalue weighted by Crippen LogP contribution is -2.57. The number of anilines is 1. The molecule has 2 atom stereocenters. The number of carbonyl (C=O) groups is 3. The number of aromatic nitrogens is 4. The van der Waals surface area contributed by atoms with Crippen LogP contribution in [-0.4, -0.2) is 90.3 Å². The van der Waals surface area contributed by atoms with Crippen LogP contribution in [0.3, 0.4) is 0 Å². The minimum absolute atomic E-state index is 0.0563. The van der Waals surface area contributed by atoms with E-state index in [0.717, 1.165) is 62.6 Å². The number of hydrogen-bond donors (Lipinski definition) is 3. The molecule has 2 aromatic carbocycles. The first kappa shape index (κ1) is 42.1. The van der Waals surface area contributed by atoms with Crippen LogP contribution in [0.1, 0.15) is 117 Å². The molecule has 15 heteroatoms. The summed E-state index contributed by atoms with van der Waals surface area (Å²) in [5.41, 5.74) is 2.11. The van der Waals surface area contributed by atoms with Crippen LogP contribution in [0.15, 0.2) is 54.9 Å². The van der Waals surface area contributed by atoms with Crippen LogP contribution in [0.5, 0.6) is 0 Å². The third-order valence-electron chi connectivity index (χ3n) is 12.7. The van der Waals surface area contributed by atoms with Crippen LogP contribution in [0.2, 0.25) is 0 Å². The Hall–Kier alpha value is -5.56. The predicted molar refractivity (Wildman–Crippen MR) is 226 cm³/mol. The van der Waals surface area contributed by atoms with Crippen molar-refractivity contribution in [3.05, 3.63) is 94.4 Å². The van der Waals surface area contributed by atoms with Crippen molar-refractivity contribution in [1.29, 1.82) is 5.26 Å². The lowest BCUT2D eigenvalue weighted by Gasteiger charge is -2.47. The van der Waals surface area contributed by atoms with Crippen molar-refractivity contribution < 1.29 is 28.3 Å².